The Morgan fingerprint density at radius 1 is 1.46 bits per heavy atom. The van der Waals surface area contributed by atoms with Gasteiger partial charge in [-0.3, -0.25) is 0 Å². The van der Waals surface area contributed by atoms with Gasteiger partial charge in [0.25, 0.3) is 0 Å². The molecule has 3 nitrogen and oxygen atoms in total. The van der Waals surface area contributed by atoms with Crippen LogP contribution in [0.4, 0.5) is 0 Å². The van der Waals surface area contributed by atoms with Gasteiger partial charge < -0.3 is 9.47 Å². The summed E-state index contributed by atoms with van der Waals surface area (Å²) in [6.45, 7) is 1.09. The van der Waals surface area contributed by atoms with Crippen LogP contribution in [0.2, 0.25) is 0 Å². The van der Waals surface area contributed by atoms with E-state index in [4.69, 9.17) is 15.9 Å². The molecule has 68 valence electrons. The van der Waals surface area contributed by atoms with Gasteiger partial charge in [0.05, 0.1) is 12.8 Å². The van der Waals surface area contributed by atoms with E-state index in [1.807, 2.05) is 0 Å². The Morgan fingerprint density at radius 2 is 2.31 bits per heavy atom. The molecular weight excluding hydrogens is 166 g/mol. The lowest BCUT2D eigenvalue weighted by Gasteiger charge is -2.03. The molecule has 1 rings (SSSR count). The van der Waals surface area contributed by atoms with Gasteiger partial charge in [-0.05, 0) is 12.1 Å². The van der Waals surface area contributed by atoms with Crippen LogP contribution in [0.1, 0.15) is 5.69 Å². The molecule has 0 aliphatic rings. The van der Waals surface area contributed by atoms with Crippen molar-refractivity contribution in [1.29, 1.82) is 0 Å². The first-order chi connectivity index (χ1) is 6.36. The highest BCUT2D eigenvalue weighted by Gasteiger charge is 1.93. The van der Waals surface area contributed by atoms with E-state index in [1.165, 1.54) is 0 Å². The van der Waals surface area contributed by atoms with Crippen LogP contribution in [0.25, 0.3) is 0 Å². The van der Waals surface area contributed by atoms with Gasteiger partial charge in [0, 0.05) is 7.11 Å². The van der Waals surface area contributed by atoms with Crippen LogP contribution >= 0.6 is 0 Å². The zero-order valence-electron chi connectivity index (χ0n) is 7.49. The molecule has 0 aliphatic carbocycles. The molecule has 1 heterocycles. The topological polar surface area (TPSA) is 31.4 Å². The van der Waals surface area contributed by atoms with Crippen molar-refractivity contribution in [1.82, 2.24) is 4.98 Å². The van der Waals surface area contributed by atoms with Crippen LogP contribution in [0.3, 0.4) is 0 Å². The van der Waals surface area contributed by atoms with E-state index in [2.05, 4.69) is 10.9 Å². The smallest absolute Gasteiger partial charge is 0.137 e. The fourth-order valence-corrected chi connectivity index (χ4v) is 0.794. The third-order valence-electron chi connectivity index (χ3n) is 1.44. The summed E-state index contributed by atoms with van der Waals surface area (Å²) in [6.07, 6.45) is 6.75. The number of hydrogen-bond donors (Lipinski definition) is 0. The number of methoxy groups -OCH3 is 1. The molecule has 0 amide bonds. The van der Waals surface area contributed by atoms with E-state index in [-0.39, 0.29) is 0 Å². The lowest BCUT2D eigenvalue weighted by Crippen LogP contribution is -2.04. The molecule has 1 aromatic heterocycles. The normalized spacial score (nSPS) is 9.23. The number of nitrogens with zero attached hydrogens (tertiary/aromatic N) is 1. The SMILES string of the molecule is C#Cc1ccc(OCCOC)cn1. The fraction of sp³-hybridized carbons (Fsp3) is 0.300. The third-order valence-corrected chi connectivity index (χ3v) is 1.44. The second kappa shape index (κ2) is 5.18. The highest BCUT2D eigenvalue weighted by molar-refractivity contribution is 5.28. The summed E-state index contributed by atoms with van der Waals surface area (Å²) in [5.41, 5.74) is 0.610. The minimum absolute atomic E-state index is 0.521. The lowest BCUT2D eigenvalue weighted by atomic mass is 10.3. The van der Waals surface area contributed by atoms with Crippen LogP contribution in [0, 0.1) is 12.3 Å². The molecule has 0 saturated carbocycles. The van der Waals surface area contributed by atoms with Crippen LogP contribution < -0.4 is 4.74 Å². The molecule has 0 unspecified atom stereocenters. The first-order valence-electron chi connectivity index (χ1n) is 3.91. The fourth-order valence-electron chi connectivity index (χ4n) is 0.794. The largest absolute Gasteiger partial charge is 0.490 e. The van der Waals surface area contributed by atoms with Gasteiger partial charge in [-0.1, -0.05) is 5.92 Å². The molecule has 0 bridgehead atoms. The van der Waals surface area contributed by atoms with E-state index < -0.39 is 0 Å². The van der Waals surface area contributed by atoms with Gasteiger partial charge in [0.15, 0.2) is 0 Å². The van der Waals surface area contributed by atoms with E-state index in [0.717, 1.165) is 0 Å². The van der Waals surface area contributed by atoms with Crippen molar-refractivity contribution < 1.29 is 9.47 Å². The maximum absolute atomic E-state index is 5.29. The number of pyridine rings is 1. The van der Waals surface area contributed by atoms with E-state index in [0.29, 0.717) is 24.7 Å². The lowest BCUT2D eigenvalue weighted by molar-refractivity contribution is 0.146. The van der Waals surface area contributed by atoms with Gasteiger partial charge in [0.1, 0.15) is 18.1 Å². The summed E-state index contributed by atoms with van der Waals surface area (Å²) in [4.78, 5) is 3.97. The van der Waals surface area contributed by atoms with Crippen molar-refractivity contribution >= 4 is 0 Å². The van der Waals surface area contributed by atoms with Crippen LogP contribution in [0.15, 0.2) is 18.3 Å². The zero-order chi connectivity index (χ0) is 9.52. The standard InChI is InChI=1S/C10H11NO2/c1-3-9-4-5-10(8-11-9)13-7-6-12-2/h1,4-5,8H,6-7H2,2H3. The van der Waals surface area contributed by atoms with Crippen molar-refractivity contribution in [2.75, 3.05) is 20.3 Å². The summed E-state index contributed by atoms with van der Waals surface area (Å²) >= 11 is 0. The Bertz CT molecular complexity index is 287. The summed E-state index contributed by atoms with van der Waals surface area (Å²) in [5, 5.41) is 0. The second-order valence-electron chi connectivity index (χ2n) is 2.36. The summed E-state index contributed by atoms with van der Waals surface area (Å²) in [6, 6.07) is 3.53. The minimum Gasteiger partial charge on any atom is -0.490 e. The number of terminal acetylenes is 1. The van der Waals surface area contributed by atoms with Gasteiger partial charge in [-0.25, -0.2) is 4.98 Å². The van der Waals surface area contributed by atoms with Crippen LogP contribution in [-0.4, -0.2) is 25.3 Å². The first kappa shape index (κ1) is 9.56. The highest BCUT2D eigenvalue weighted by Crippen LogP contribution is 2.07. The van der Waals surface area contributed by atoms with Gasteiger partial charge in [-0.2, -0.15) is 0 Å². The number of aromatic nitrogens is 1. The summed E-state index contributed by atoms with van der Waals surface area (Å²) in [5.74, 6) is 3.13. The minimum atomic E-state index is 0.521. The Hall–Kier alpha value is -1.53. The van der Waals surface area contributed by atoms with Gasteiger partial charge in [-0.15, -0.1) is 6.42 Å². The molecule has 0 atom stereocenters. The number of ether oxygens (including phenoxy) is 2. The van der Waals surface area contributed by atoms with Crippen LogP contribution in [-0.2, 0) is 4.74 Å². The predicted molar refractivity (Wildman–Crippen MR) is 49.5 cm³/mol. The predicted octanol–water partition coefficient (Wildman–Crippen LogP) is 1.09. The number of rotatable bonds is 4. The van der Waals surface area contributed by atoms with Gasteiger partial charge in [0.2, 0.25) is 0 Å². The zero-order valence-corrected chi connectivity index (χ0v) is 7.49. The Labute approximate surface area is 77.7 Å². The molecule has 0 N–H and O–H groups in total. The van der Waals surface area contributed by atoms with Crippen molar-refractivity contribution in [3.05, 3.63) is 24.0 Å². The Morgan fingerprint density at radius 3 is 2.85 bits per heavy atom. The average molecular weight is 177 g/mol. The van der Waals surface area contributed by atoms with Crippen molar-refractivity contribution in [3.8, 4) is 18.1 Å². The summed E-state index contributed by atoms with van der Waals surface area (Å²) < 4.78 is 10.1. The van der Waals surface area contributed by atoms with E-state index in [9.17, 15) is 0 Å². The maximum atomic E-state index is 5.29. The highest BCUT2D eigenvalue weighted by atomic mass is 16.5. The van der Waals surface area contributed by atoms with Crippen molar-refractivity contribution in [3.63, 3.8) is 0 Å². The molecule has 1 aromatic rings. The van der Waals surface area contributed by atoms with Crippen molar-refractivity contribution in [2.24, 2.45) is 0 Å². The molecule has 0 aromatic carbocycles. The third kappa shape index (κ3) is 3.14. The molecule has 0 aliphatic heterocycles. The van der Waals surface area contributed by atoms with Crippen LogP contribution in [0.5, 0.6) is 5.75 Å². The Kier molecular flexibility index (Phi) is 3.80. The Balaban J connectivity index is 2.46. The van der Waals surface area contributed by atoms with Gasteiger partial charge >= 0.3 is 0 Å². The second-order valence-corrected chi connectivity index (χ2v) is 2.36. The molecule has 3 heteroatoms. The first-order valence-corrected chi connectivity index (χ1v) is 3.91. The quantitative estimate of drug-likeness (QED) is 0.509. The molecular formula is C10H11NO2. The van der Waals surface area contributed by atoms with E-state index in [1.54, 1.807) is 25.4 Å². The molecule has 0 fully saturated rings. The van der Waals surface area contributed by atoms with E-state index >= 15 is 0 Å². The maximum Gasteiger partial charge on any atom is 0.137 e. The van der Waals surface area contributed by atoms with Crippen molar-refractivity contribution in [2.45, 2.75) is 0 Å². The molecule has 13 heavy (non-hydrogen) atoms. The monoisotopic (exact) mass is 177 g/mol. The number of hydrogen-bond acceptors (Lipinski definition) is 3. The molecule has 0 radical (unpaired) electrons. The molecule has 0 spiro atoms. The molecule has 0 saturated heterocycles. The average Bonchev–Trinajstić information content (AvgIpc) is 2.19. The summed E-state index contributed by atoms with van der Waals surface area (Å²) in [7, 11) is 1.63.